The molecule has 0 bridgehead atoms. The summed E-state index contributed by atoms with van der Waals surface area (Å²) in [6.45, 7) is 4.93. The zero-order chi connectivity index (χ0) is 20.6. The Hall–Kier alpha value is -3.47. The molecule has 3 aromatic rings. The molecule has 5 nitrogen and oxygen atoms in total. The summed E-state index contributed by atoms with van der Waals surface area (Å²) in [5.41, 5.74) is 2.97. The molecule has 29 heavy (non-hydrogen) atoms. The summed E-state index contributed by atoms with van der Waals surface area (Å²) in [7, 11) is 0. The van der Waals surface area contributed by atoms with E-state index >= 15 is 0 Å². The molecule has 0 aliphatic heterocycles. The summed E-state index contributed by atoms with van der Waals surface area (Å²) >= 11 is 0. The molecule has 0 aliphatic rings. The van der Waals surface area contributed by atoms with Gasteiger partial charge in [-0.05, 0) is 54.3 Å². The molecule has 0 aliphatic carbocycles. The topological polar surface area (TPSA) is 71.1 Å². The highest BCUT2D eigenvalue weighted by atomic mass is 16.2. The third kappa shape index (κ3) is 5.75. The second-order valence-electron chi connectivity index (χ2n) is 7.27. The molecule has 148 valence electrons. The Morgan fingerprint density at radius 3 is 2.31 bits per heavy atom. The number of nitrogens with one attached hydrogen (secondary N) is 2. The summed E-state index contributed by atoms with van der Waals surface area (Å²) in [6.07, 6.45) is 2.64. The van der Waals surface area contributed by atoms with Crippen molar-refractivity contribution in [2.45, 2.75) is 20.3 Å². The number of aromatic nitrogens is 1. The van der Waals surface area contributed by atoms with Crippen LogP contribution in [0.1, 0.15) is 41.0 Å². The van der Waals surface area contributed by atoms with Crippen LogP contribution in [0.4, 0.5) is 5.82 Å². The van der Waals surface area contributed by atoms with Gasteiger partial charge in [0.2, 0.25) is 0 Å². The number of hydrogen-bond acceptors (Lipinski definition) is 3. The molecule has 1 aromatic heterocycles. The van der Waals surface area contributed by atoms with Gasteiger partial charge in [-0.15, -0.1) is 0 Å². The van der Waals surface area contributed by atoms with Gasteiger partial charge in [0.15, 0.2) is 0 Å². The third-order valence-electron chi connectivity index (χ3n) is 4.51. The first-order valence-electron chi connectivity index (χ1n) is 9.74. The van der Waals surface area contributed by atoms with Crippen molar-refractivity contribution in [2.24, 2.45) is 5.92 Å². The Kier molecular flexibility index (Phi) is 6.74. The standard InChI is InChI=1S/C24H25N3O2/c1-17(2)13-14-25-23(28)20-10-6-9-19(15-20)21-11-12-22(26-16-21)27-24(29)18-7-4-3-5-8-18/h3-12,15-17H,13-14H2,1-2H3,(H,25,28)(H,26,27,29). The Morgan fingerprint density at radius 2 is 1.62 bits per heavy atom. The molecule has 0 unspecified atom stereocenters. The summed E-state index contributed by atoms with van der Waals surface area (Å²) < 4.78 is 0. The van der Waals surface area contributed by atoms with E-state index in [1.807, 2.05) is 42.5 Å². The number of anilines is 1. The van der Waals surface area contributed by atoms with Crippen molar-refractivity contribution < 1.29 is 9.59 Å². The van der Waals surface area contributed by atoms with Crippen molar-refractivity contribution in [2.75, 3.05) is 11.9 Å². The molecule has 3 rings (SSSR count). The van der Waals surface area contributed by atoms with Crippen LogP contribution in [0, 0.1) is 5.92 Å². The zero-order valence-electron chi connectivity index (χ0n) is 16.7. The first kappa shape index (κ1) is 20.3. The van der Waals surface area contributed by atoms with Gasteiger partial charge in [0.25, 0.3) is 11.8 Å². The van der Waals surface area contributed by atoms with Gasteiger partial charge in [0, 0.05) is 29.4 Å². The average Bonchev–Trinajstić information content (AvgIpc) is 2.74. The zero-order valence-corrected chi connectivity index (χ0v) is 16.7. The predicted octanol–water partition coefficient (Wildman–Crippen LogP) is 4.78. The maximum absolute atomic E-state index is 12.3. The lowest BCUT2D eigenvalue weighted by atomic mass is 10.0. The molecular weight excluding hydrogens is 362 g/mol. The van der Waals surface area contributed by atoms with Crippen LogP contribution >= 0.6 is 0 Å². The summed E-state index contributed by atoms with van der Waals surface area (Å²) in [4.78, 5) is 28.9. The molecule has 2 aromatic carbocycles. The van der Waals surface area contributed by atoms with Gasteiger partial charge < -0.3 is 10.6 Å². The quantitative estimate of drug-likeness (QED) is 0.613. The van der Waals surface area contributed by atoms with Gasteiger partial charge >= 0.3 is 0 Å². The normalized spacial score (nSPS) is 10.6. The van der Waals surface area contributed by atoms with Crippen LogP contribution in [-0.2, 0) is 0 Å². The molecule has 0 saturated carbocycles. The first-order valence-corrected chi connectivity index (χ1v) is 9.74. The minimum absolute atomic E-state index is 0.0767. The maximum Gasteiger partial charge on any atom is 0.256 e. The van der Waals surface area contributed by atoms with Gasteiger partial charge in [0.1, 0.15) is 5.82 Å². The van der Waals surface area contributed by atoms with Crippen molar-refractivity contribution in [1.82, 2.24) is 10.3 Å². The monoisotopic (exact) mass is 387 g/mol. The number of hydrogen-bond donors (Lipinski definition) is 2. The summed E-state index contributed by atoms with van der Waals surface area (Å²) in [5, 5.41) is 5.74. The Labute approximate surface area is 171 Å². The van der Waals surface area contributed by atoms with E-state index in [1.165, 1.54) is 0 Å². The molecule has 2 amide bonds. The fourth-order valence-corrected chi connectivity index (χ4v) is 2.83. The number of benzene rings is 2. The van der Waals surface area contributed by atoms with E-state index in [0.29, 0.717) is 29.4 Å². The molecule has 0 fully saturated rings. The van der Waals surface area contributed by atoms with Crippen molar-refractivity contribution in [3.05, 3.63) is 84.1 Å². The molecular formula is C24H25N3O2. The second kappa shape index (κ2) is 9.64. The molecule has 0 atom stereocenters. The van der Waals surface area contributed by atoms with Crippen LogP contribution in [0.5, 0.6) is 0 Å². The molecule has 0 spiro atoms. The molecule has 1 heterocycles. The van der Waals surface area contributed by atoms with Crippen molar-refractivity contribution in [3.8, 4) is 11.1 Å². The van der Waals surface area contributed by atoms with Crippen LogP contribution < -0.4 is 10.6 Å². The number of nitrogens with zero attached hydrogens (tertiary/aromatic N) is 1. The fraction of sp³-hybridized carbons (Fsp3) is 0.208. The SMILES string of the molecule is CC(C)CCNC(=O)c1cccc(-c2ccc(NC(=O)c3ccccc3)nc2)c1. The van der Waals surface area contributed by atoms with Crippen molar-refractivity contribution >= 4 is 17.6 Å². The number of pyridine rings is 1. The number of carbonyl (C=O) groups excluding carboxylic acids is 2. The largest absolute Gasteiger partial charge is 0.352 e. The Morgan fingerprint density at radius 1 is 0.862 bits per heavy atom. The Bertz CT molecular complexity index is 967. The lowest BCUT2D eigenvalue weighted by Gasteiger charge is -2.09. The second-order valence-corrected chi connectivity index (χ2v) is 7.27. The molecule has 0 saturated heterocycles. The summed E-state index contributed by atoms with van der Waals surface area (Å²) in [6, 6.07) is 20.1. The smallest absolute Gasteiger partial charge is 0.256 e. The van der Waals surface area contributed by atoms with E-state index < -0.39 is 0 Å². The lowest BCUT2D eigenvalue weighted by Crippen LogP contribution is -2.25. The van der Waals surface area contributed by atoms with Crippen LogP contribution in [-0.4, -0.2) is 23.3 Å². The van der Waals surface area contributed by atoms with E-state index in [1.54, 1.807) is 30.5 Å². The van der Waals surface area contributed by atoms with E-state index in [2.05, 4.69) is 29.5 Å². The van der Waals surface area contributed by atoms with Crippen molar-refractivity contribution in [3.63, 3.8) is 0 Å². The lowest BCUT2D eigenvalue weighted by molar-refractivity contribution is 0.0951. The molecule has 5 heteroatoms. The minimum Gasteiger partial charge on any atom is -0.352 e. The van der Waals surface area contributed by atoms with Crippen LogP contribution in [0.25, 0.3) is 11.1 Å². The highest BCUT2D eigenvalue weighted by molar-refractivity contribution is 6.03. The van der Waals surface area contributed by atoms with Crippen LogP contribution in [0.3, 0.4) is 0 Å². The van der Waals surface area contributed by atoms with E-state index in [4.69, 9.17) is 0 Å². The number of carbonyl (C=O) groups is 2. The van der Waals surface area contributed by atoms with Gasteiger partial charge in [-0.1, -0.05) is 44.2 Å². The molecule has 2 N–H and O–H groups in total. The number of rotatable bonds is 7. The predicted molar refractivity (Wildman–Crippen MR) is 116 cm³/mol. The van der Waals surface area contributed by atoms with Gasteiger partial charge in [-0.25, -0.2) is 4.98 Å². The highest BCUT2D eigenvalue weighted by Gasteiger charge is 2.09. The van der Waals surface area contributed by atoms with Crippen LogP contribution in [0.15, 0.2) is 72.9 Å². The van der Waals surface area contributed by atoms with Gasteiger partial charge in [-0.3, -0.25) is 9.59 Å². The summed E-state index contributed by atoms with van der Waals surface area (Å²) in [5.74, 6) is 0.747. The Balaban J connectivity index is 1.67. The average molecular weight is 387 g/mol. The van der Waals surface area contributed by atoms with Crippen molar-refractivity contribution in [1.29, 1.82) is 0 Å². The van der Waals surface area contributed by atoms with E-state index in [0.717, 1.165) is 17.5 Å². The van der Waals surface area contributed by atoms with Crippen LogP contribution in [0.2, 0.25) is 0 Å². The number of amides is 2. The minimum atomic E-state index is -0.203. The molecule has 0 radical (unpaired) electrons. The van der Waals surface area contributed by atoms with E-state index in [9.17, 15) is 9.59 Å². The van der Waals surface area contributed by atoms with Gasteiger partial charge in [-0.2, -0.15) is 0 Å². The third-order valence-corrected chi connectivity index (χ3v) is 4.51. The fourth-order valence-electron chi connectivity index (χ4n) is 2.83. The highest BCUT2D eigenvalue weighted by Crippen LogP contribution is 2.21. The maximum atomic E-state index is 12.3. The first-order chi connectivity index (χ1) is 14.0. The van der Waals surface area contributed by atoms with E-state index in [-0.39, 0.29) is 11.8 Å². The van der Waals surface area contributed by atoms with Gasteiger partial charge in [0.05, 0.1) is 0 Å².